The van der Waals surface area contributed by atoms with E-state index in [-0.39, 0.29) is 18.1 Å². The Morgan fingerprint density at radius 2 is 2.10 bits per heavy atom. The smallest absolute Gasteiger partial charge is 0.433 e. The molecule has 1 amide bonds. The van der Waals surface area contributed by atoms with Gasteiger partial charge in [0.25, 0.3) is 5.91 Å². The van der Waals surface area contributed by atoms with Gasteiger partial charge in [-0.1, -0.05) is 13.8 Å². The second-order valence-electron chi connectivity index (χ2n) is 4.72. The van der Waals surface area contributed by atoms with Crippen LogP contribution in [0, 0.1) is 0 Å². The van der Waals surface area contributed by atoms with Gasteiger partial charge < -0.3 is 15.8 Å². The Bertz CT molecular complexity index is 490. The molecule has 1 heterocycles. The van der Waals surface area contributed by atoms with Crippen molar-refractivity contribution in [2.24, 2.45) is 5.73 Å². The molecule has 8 heteroatoms. The molecule has 0 bridgehead atoms. The number of nitrogens with one attached hydrogen (secondary N) is 1. The minimum absolute atomic E-state index is 0.133. The number of primary amides is 1. The van der Waals surface area contributed by atoms with Crippen LogP contribution in [0.15, 0.2) is 12.1 Å². The summed E-state index contributed by atoms with van der Waals surface area (Å²) in [6, 6.07) is 1.98. The number of amides is 1. The van der Waals surface area contributed by atoms with E-state index < -0.39 is 17.8 Å². The molecule has 5 nitrogen and oxygen atoms in total. The molecule has 0 atom stereocenters. The first-order valence-corrected chi connectivity index (χ1v) is 6.46. The molecule has 0 aliphatic heterocycles. The quantitative estimate of drug-likeness (QED) is 0.755. The van der Waals surface area contributed by atoms with Crippen LogP contribution in [0.5, 0.6) is 5.88 Å². The van der Waals surface area contributed by atoms with Gasteiger partial charge in [-0.05, 0) is 25.1 Å². The Labute approximate surface area is 120 Å². The molecule has 1 rings (SSSR count). The summed E-state index contributed by atoms with van der Waals surface area (Å²) in [4.78, 5) is 14.5. The van der Waals surface area contributed by atoms with Gasteiger partial charge in [0.15, 0.2) is 0 Å². The molecule has 21 heavy (non-hydrogen) atoms. The van der Waals surface area contributed by atoms with Crippen molar-refractivity contribution < 1.29 is 22.7 Å². The number of nitrogens with two attached hydrogens (primary N) is 1. The van der Waals surface area contributed by atoms with Gasteiger partial charge in [-0.15, -0.1) is 0 Å². The highest BCUT2D eigenvalue weighted by Crippen LogP contribution is 2.30. The number of nitrogens with zero attached hydrogens (tertiary/aromatic N) is 1. The zero-order valence-electron chi connectivity index (χ0n) is 11.8. The Morgan fingerprint density at radius 3 is 2.62 bits per heavy atom. The van der Waals surface area contributed by atoms with Gasteiger partial charge in [-0.2, -0.15) is 13.2 Å². The Kier molecular flexibility index (Phi) is 5.95. The Hall–Kier alpha value is -1.83. The Balaban J connectivity index is 2.75. The van der Waals surface area contributed by atoms with Crippen molar-refractivity contribution in [1.29, 1.82) is 0 Å². The van der Waals surface area contributed by atoms with E-state index in [1.165, 1.54) is 0 Å². The molecule has 0 aliphatic carbocycles. The number of hydrogen-bond acceptors (Lipinski definition) is 4. The van der Waals surface area contributed by atoms with E-state index in [1.54, 1.807) is 0 Å². The summed E-state index contributed by atoms with van der Waals surface area (Å²) in [5.41, 5.74) is 3.80. The second-order valence-corrected chi connectivity index (χ2v) is 4.72. The van der Waals surface area contributed by atoms with Gasteiger partial charge in [0.2, 0.25) is 5.88 Å². The SMILES string of the molecule is CC(C)NCCCOc1nc(C(F)(F)F)ccc1C(N)=O. The van der Waals surface area contributed by atoms with Crippen molar-refractivity contribution in [3.8, 4) is 5.88 Å². The molecule has 1 aromatic heterocycles. The van der Waals surface area contributed by atoms with E-state index in [4.69, 9.17) is 10.5 Å². The molecule has 3 N–H and O–H groups in total. The lowest BCUT2D eigenvalue weighted by Crippen LogP contribution is -2.25. The molecule has 0 radical (unpaired) electrons. The number of alkyl halides is 3. The third kappa shape index (κ3) is 5.58. The molecule has 0 unspecified atom stereocenters. The van der Waals surface area contributed by atoms with Crippen molar-refractivity contribution in [3.05, 3.63) is 23.4 Å². The molecule has 0 saturated carbocycles. The van der Waals surface area contributed by atoms with Crippen molar-refractivity contribution in [2.75, 3.05) is 13.2 Å². The maximum absolute atomic E-state index is 12.6. The lowest BCUT2D eigenvalue weighted by atomic mass is 10.2. The highest BCUT2D eigenvalue weighted by molar-refractivity contribution is 5.95. The molecule has 118 valence electrons. The van der Waals surface area contributed by atoms with Crippen LogP contribution in [0.2, 0.25) is 0 Å². The summed E-state index contributed by atoms with van der Waals surface area (Å²) in [6.45, 7) is 4.72. The number of halogens is 3. The minimum atomic E-state index is -4.60. The zero-order chi connectivity index (χ0) is 16.0. The highest BCUT2D eigenvalue weighted by Gasteiger charge is 2.33. The van der Waals surface area contributed by atoms with Crippen LogP contribution >= 0.6 is 0 Å². The lowest BCUT2D eigenvalue weighted by Gasteiger charge is -2.12. The fourth-order valence-electron chi connectivity index (χ4n) is 1.53. The van der Waals surface area contributed by atoms with Crippen LogP contribution in [0.1, 0.15) is 36.3 Å². The summed E-state index contributed by atoms with van der Waals surface area (Å²) in [5, 5.41) is 3.13. The molecule has 0 aromatic carbocycles. The van der Waals surface area contributed by atoms with Gasteiger partial charge in [0, 0.05) is 6.04 Å². The maximum atomic E-state index is 12.6. The van der Waals surface area contributed by atoms with E-state index in [0.717, 1.165) is 6.07 Å². The summed E-state index contributed by atoms with van der Waals surface area (Å²) in [7, 11) is 0. The molecular formula is C13H18F3N3O2. The second kappa shape index (κ2) is 7.26. The van der Waals surface area contributed by atoms with Crippen molar-refractivity contribution >= 4 is 5.91 Å². The van der Waals surface area contributed by atoms with E-state index in [9.17, 15) is 18.0 Å². The van der Waals surface area contributed by atoms with E-state index in [0.29, 0.717) is 25.1 Å². The van der Waals surface area contributed by atoms with E-state index in [1.807, 2.05) is 13.8 Å². The number of carbonyl (C=O) groups excluding carboxylic acids is 1. The fraction of sp³-hybridized carbons (Fsp3) is 0.538. The lowest BCUT2D eigenvalue weighted by molar-refractivity contribution is -0.141. The zero-order valence-corrected chi connectivity index (χ0v) is 11.8. The average Bonchev–Trinajstić information content (AvgIpc) is 2.36. The fourth-order valence-corrected chi connectivity index (χ4v) is 1.53. The number of hydrogen-bond donors (Lipinski definition) is 2. The number of rotatable bonds is 7. The first kappa shape index (κ1) is 17.2. The first-order chi connectivity index (χ1) is 9.71. The van der Waals surface area contributed by atoms with Crippen LogP contribution in [0.4, 0.5) is 13.2 Å². The average molecular weight is 305 g/mol. The van der Waals surface area contributed by atoms with Crippen molar-refractivity contribution in [2.45, 2.75) is 32.5 Å². The van der Waals surface area contributed by atoms with Gasteiger partial charge in [-0.25, -0.2) is 4.98 Å². The first-order valence-electron chi connectivity index (χ1n) is 6.46. The van der Waals surface area contributed by atoms with Crippen LogP contribution in [-0.4, -0.2) is 30.1 Å². The third-order valence-corrected chi connectivity index (χ3v) is 2.53. The Morgan fingerprint density at radius 1 is 1.43 bits per heavy atom. The molecule has 1 aromatic rings. The predicted octanol–water partition coefficient (Wildman–Crippen LogP) is 1.97. The normalized spacial score (nSPS) is 11.7. The van der Waals surface area contributed by atoms with Crippen LogP contribution in [-0.2, 0) is 6.18 Å². The van der Waals surface area contributed by atoms with Gasteiger partial charge >= 0.3 is 6.18 Å². The van der Waals surface area contributed by atoms with Gasteiger partial charge in [0.1, 0.15) is 11.3 Å². The van der Waals surface area contributed by atoms with Crippen LogP contribution in [0.3, 0.4) is 0 Å². The van der Waals surface area contributed by atoms with Crippen LogP contribution in [0.25, 0.3) is 0 Å². The summed E-state index contributed by atoms with van der Waals surface area (Å²) in [6.07, 6.45) is -4.04. The molecule has 0 aliphatic rings. The minimum Gasteiger partial charge on any atom is -0.477 e. The summed E-state index contributed by atoms with van der Waals surface area (Å²) >= 11 is 0. The molecule has 0 spiro atoms. The number of ether oxygens (including phenoxy) is 1. The number of pyridine rings is 1. The van der Waals surface area contributed by atoms with E-state index >= 15 is 0 Å². The summed E-state index contributed by atoms with van der Waals surface area (Å²) < 4.78 is 42.9. The monoisotopic (exact) mass is 305 g/mol. The third-order valence-electron chi connectivity index (χ3n) is 2.53. The van der Waals surface area contributed by atoms with Gasteiger partial charge in [-0.3, -0.25) is 4.79 Å². The number of aromatic nitrogens is 1. The van der Waals surface area contributed by atoms with Crippen molar-refractivity contribution in [3.63, 3.8) is 0 Å². The standard InChI is InChI=1S/C13H18F3N3O2/c1-8(2)18-6-3-7-21-12-9(11(17)20)4-5-10(19-12)13(14,15)16/h4-5,8,18H,3,6-7H2,1-2H3,(H2,17,20). The topological polar surface area (TPSA) is 77.2 Å². The maximum Gasteiger partial charge on any atom is 0.433 e. The van der Waals surface area contributed by atoms with Crippen LogP contribution < -0.4 is 15.8 Å². The van der Waals surface area contributed by atoms with E-state index in [2.05, 4.69) is 10.3 Å². The molecular weight excluding hydrogens is 287 g/mol. The van der Waals surface area contributed by atoms with Gasteiger partial charge in [0.05, 0.1) is 6.61 Å². The molecule has 0 saturated heterocycles. The summed E-state index contributed by atoms with van der Waals surface area (Å²) in [5.74, 6) is -1.27. The predicted molar refractivity (Wildman–Crippen MR) is 71.0 cm³/mol. The van der Waals surface area contributed by atoms with Crippen molar-refractivity contribution in [1.82, 2.24) is 10.3 Å². The largest absolute Gasteiger partial charge is 0.477 e. The molecule has 0 fully saturated rings. The number of carbonyl (C=O) groups is 1. The highest BCUT2D eigenvalue weighted by atomic mass is 19.4.